The van der Waals surface area contributed by atoms with Crippen molar-refractivity contribution in [1.82, 2.24) is 4.98 Å². The summed E-state index contributed by atoms with van der Waals surface area (Å²) in [6.45, 7) is 8.70. The van der Waals surface area contributed by atoms with Gasteiger partial charge < -0.3 is 0 Å². The number of nitrogens with zero attached hydrogens (tertiary/aromatic N) is 1. The molecule has 0 aliphatic heterocycles. The highest BCUT2D eigenvalue weighted by Gasteiger charge is 2.19. The van der Waals surface area contributed by atoms with Crippen LogP contribution in [-0.4, -0.2) is 4.98 Å². The van der Waals surface area contributed by atoms with E-state index < -0.39 is 0 Å². The maximum atomic E-state index is 7.67. The summed E-state index contributed by atoms with van der Waals surface area (Å²) in [5.41, 5.74) is 2.65. The molecule has 14 heavy (non-hydrogen) atoms. The second-order valence-corrected chi connectivity index (χ2v) is 5.48. The van der Waals surface area contributed by atoms with Crippen molar-refractivity contribution in [2.75, 3.05) is 0 Å². The quantitative estimate of drug-likeness (QED) is 0.637. The molecule has 74 valence electrons. The van der Waals surface area contributed by atoms with Crippen LogP contribution in [0.2, 0.25) is 0 Å². The lowest BCUT2D eigenvalue weighted by molar-refractivity contribution is 0.591. The molecule has 0 atom stereocenters. The van der Waals surface area contributed by atoms with Crippen LogP contribution in [0, 0.1) is 6.92 Å². The summed E-state index contributed by atoms with van der Waals surface area (Å²) < 4.78 is 7.67. The SMILES string of the molecule is [2H]c1cc2c(C(C)(C)C)c(C)cnc2s1. The number of rotatable bonds is 0. The van der Waals surface area contributed by atoms with E-state index >= 15 is 0 Å². The second-order valence-electron chi connectivity index (χ2n) is 4.65. The van der Waals surface area contributed by atoms with Crippen molar-refractivity contribution in [3.63, 3.8) is 0 Å². The van der Waals surface area contributed by atoms with Gasteiger partial charge in [0.05, 0.1) is 1.37 Å². The molecule has 2 heterocycles. The van der Waals surface area contributed by atoms with Crippen molar-refractivity contribution in [2.45, 2.75) is 33.1 Å². The van der Waals surface area contributed by atoms with Crippen LogP contribution in [0.4, 0.5) is 0 Å². The lowest BCUT2D eigenvalue weighted by atomic mass is 9.83. The predicted molar refractivity (Wildman–Crippen MR) is 63.1 cm³/mol. The van der Waals surface area contributed by atoms with Gasteiger partial charge in [-0.05, 0) is 34.9 Å². The zero-order valence-corrected chi connectivity index (χ0v) is 9.83. The fourth-order valence-electron chi connectivity index (χ4n) is 1.96. The van der Waals surface area contributed by atoms with E-state index in [1.165, 1.54) is 22.5 Å². The van der Waals surface area contributed by atoms with Gasteiger partial charge in [0.25, 0.3) is 0 Å². The molecule has 2 aromatic rings. The minimum Gasteiger partial charge on any atom is -0.245 e. The van der Waals surface area contributed by atoms with Gasteiger partial charge in [0, 0.05) is 11.6 Å². The van der Waals surface area contributed by atoms with Crippen LogP contribution in [0.5, 0.6) is 0 Å². The predicted octanol–water partition coefficient (Wildman–Crippen LogP) is 3.90. The number of fused-ring (bicyclic) bond motifs is 1. The summed E-state index contributed by atoms with van der Waals surface area (Å²) in [6.07, 6.45) is 1.92. The van der Waals surface area contributed by atoms with Gasteiger partial charge in [-0.15, -0.1) is 11.3 Å². The number of aromatic nitrogens is 1. The Kier molecular flexibility index (Phi) is 1.84. The average molecular weight is 206 g/mol. The summed E-state index contributed by atoms with van der Waals surface area (Å²) >= 11 is 1.45. The molecule has 0 aliphatic rings. The lowest BCUT2D eigenvalue weighted by Gasteiger charge is -2.22. The van der Waals surface area contributed by atoms with E-state index in [2.05, 4.69) is 32.7 Å². The third kappa shape index (κ3) is 1.44. The van der Waals surface area contributed by atoms with Gasteiger partial charge in [-0.25, -0.2) is 4.98 Å². The molecule has 0 saturated carbocycles. The Balaban J connectivity index is 2.85. The van der Waals surface area contributed by atoms with Crippen molar-refractivity contribution < 1.29 is 1.37 Å². The van der Waals surface area contributed by atoms with Crippen molar-refractivity contribution >= 4 is 21.6 Å². The summed E-state index contributed by atoms with van der Waals surface area (Å²) in [7, 11) is 0. The zero-order chi connectivity index (χ0) is 11.2. The van der Waals surface area contributed by atoms with Gasteiger partial charge in [-0.1, -0.05) is 20.8 Å². The minimum atomic E-state index is 0.110. The molecule has 0 amide bonds. The normalized spacial score (nSPS) is 13.3. The molecular weight excluding hydrogens is 190 g/mol. The maximum Gasteiger partial charge on any atom is 0.123 e. The molecule has 0 aromatic carbocycles. The molecule has 2 heteroatoms. The topological polar surface area (TPSA) is 12.9 Å². The molecule has 0 aliphatic carbocycles. The van der Waals surface area contributed by atoms with Crippen LogP contribution in [-0.2, 0) is 5.41 Å². The first kappa shape index (κ1) is 8.42. The molecule has 2 rings (SSSR count). The zero-order valence-electron chi connectivity index (χ0n) is 10.0. The number of aryl methyl sites for hydroxylation is 1. The Morgan fingerprint density at radius 3 is 2.79 bits per heavy atom. The first-order valence-electron chi connectivity index (χ1n) is 5.26. The van der Waals surface area contributed by atoms with E-state index in [-0.39, 0.29) is 5.41 Å². The van der Waals surface area contributed by atoms with E-state index in [9.17, 15) is 0 Å². The van der Waals surface area contributed by atoms with Crippen LogP contribution < -0.4 is 0 Å². The lowest BCUT2D eigenvalue weighted by Crippen LogP contribution is -2.13. The number of thiophene rings is 1. The highest BCUT2D eigenvalue weighted by atomic mass is 32.1. The van der Waals surface area contributed by atoms with Crippen molar-refractivity contribution in [3.05, 3.63) is 28.7 Å². The molecule has 0 saturated heterocycles. The van der Waals surface area contributed by atoms with Crippen LogP contribution in [0.25, 0.3) is 10.2 Å². The fourth-order valence-corrected chi connectivity index (χ4v) is 2.63. The molecule has 0 radical (unpaired) electrons. The van der Waals surface area contributed by atoms with Gasteiger partial charge in [0.2, 0.25) is 0 Å². The van der Waals surface area contributed by atoms with Crippen LogP contribution in [0.15, 0.2) is 17.6 Å². The molecule has 2 aromatic heterocycles. The fraction of sp³-hybridized carbons (Fsp3) is 0.417. The first-order chi connectivity index (χ1) is 6.89. The van der Waals surface area contributed by atoms with E-state index in [1.54, 1.807) is 0 Å². The monoisotopic (exact) mass is 206 g/mol. The average Bonchev–Trinajstić information content (AvgIpc) is 2.41. The molecule has 1 nitrogen and oxygen atoms in total. The van der Waals surface area contributed by atoms with Crippen molar-refractivity contribution in [3.8, 4) is 0 Å². The van der Waals surface area contributed by atoms with Gasteiger partial charge in [0.1, 0.15) is 4.83 Å². The highest BCUT2D eigenvalue weighted by Crippen LogP contribution is 2.33. The molecule has 0 bridgehead atoms. The summed E-state index contributed by atoms with van der Waals surface area (Å²) in [6, 6.07) is 1.93. The number of pyridine rings is 1. The summed E-state index contributed by atoms with van der Waals surface area (Å²) in [5, 5.41) is 1.74. The molecule has 0 spiro atoms. The second kappa shape index (κ2) is 3.06. The Labute approximate surface area is 90.2 Å². The third-order valence-electron chi connectivity index (χ3n) is 2.38. The van der Waals surface area contributed by atoms with Crippen LogP contribution in [0.1, 0.15) is 33.3 Å². The maximum absolute atomic E-state index is 7.67. The van der Waals surface area contributed by atoms with Crippen molar-refractivity contribution in [1.29, 1.82) is 0 Å². The third-order valence-corrected chi connectivity index (χ3v) is 3.13. The van der Waals surface area contributed by atoms with Gasteiger partial charge in [0.15, 0.2) is 0 Å². The van der Waals surface area contributed by atoms with E-state index in [0.29, 0.717) is 5.36 Å². The van der Waals surface area contributed by atoms with Gasteiger partial charge >= 0.3 is 0 Å². The smallest absolute Gasteiger partial charge is 0.123 e. The Morgan fingerprint density at radius 2 is 2.14 bits per heavy atom. The Bertz CT molecular complexity index is 508. The Hall–Kier alpha value is -0.890. The van der Waals surface area contributed by atoms with Gasteiger partial charge in [-0.3, -0.25) is 0 Å². The van der Waals surface area contributed by atoms with E-state index in [4.69, 9.17) is 1.37 Å². The number of hydrogen-bond donors (Lipinski definition) is 0. The summed E-state index contributed by atoms with van der Waals surface area (Å²) in [5.74, 6) is 0. The molecular formula is C12H15NS. The highest BCUT2D eigenvalue weighted by molar-refractivity contribution is 7.16. The van der Waals surface area contributed by atoms with Crippen LogP contribution in [0.3, 0.4) is 0 Å². The molecule has 0 unspecified atom stereocenters. The first-order valence-corrected chi connectivity index (χ1v) is 5.57. The summed E-state index contributed by atoms with van der Waals surface area (Å²) in [4.78, 5) is 5.36. The number of hydrogen-bond acceptors (Lipinski definition) is 2. The van der Waals surface area contributed by atoms with Crippen molar-refractivity contribution in [2.24, 2.45) is 0 Å². The minimum absolute atomic E-state index is 0.110. The molecule has 0 fully saturated rings. The Morgan fingerprint density at radius 1 is 1.43 bits per heavy atom. The van der Waals surface area contributed by atoms with E-state index in [0.717, 1.165) is 10.2 Å². The standard InChI is InChI=1S/C12H15NS/c1-8-7-13-11-9(5-6-14-11)10(8)12(2,3)4/h5-7H,1-4H3/i6D. The van der Waals surface area contributed by atoms with Gasteiger partial charge in [-0.2, -0.15) is 0 Å². The molecule has 0 N–H and O–H groups in total. The van der Waals surface area contributed by atoms with E-state index in [1.807, 2.05) is 12.3 Å². The van der Waals surface area contributed by atoms with Crippen LogP contribution >= 0.6 is 11.3 Å². The largest absolute Gasteiger partial charge is 0.245 e.